The van der Waals surface area contributed by atoms with Gasteiger partial charge in [0.05, 0.1) is 38.6 Å². The molecule has 0 bridgehead atoms. The summed E-state index contributed by atoms with van der Waals surface area (Å²) in [6, 6.07) is 12.2. The molecule has 3 atom stereocenters. The standard InChI is InChI=1S/C38H43BrN4O6/c1-7-20(2)34(38(46)43-16-15-29-26(19-43)24-9-8-10-27(39)35(24)41-29)42-30-14-12-23-25(18-31(30)45)28(40-21(3)44)13-11-22-17-32(47-4)36(48-5)37(49-6)33(22)23/h8-10,12,14,17-18,20,28,34,41H,7,11,13,15-16,19H2,1-6H3,(H,40,44)(H,42,45)/t20-,28+,34+/m1/s1. The number of carbonyl (C=O) groups excluding carboxylic acids is 2. The Labute approximate surface area is 294 Å². The predicted octanol–water partition coefficient (Wildman–Crippen LogP) is 6.52. The second kappa shape index (κ2) is 14.2. The van der Waals surface area contributed by atoms with E-state index in [4.69, 9.17) is 14.2 Å². The summed E-state index contributed by atoms with van der Waals surface area (Å²) in [6.45, 7) is 6.61. The number of ether oxygens (including phenoxy) is 3. The van der Waals surface area contributed by atoms with Crippen molar-refractivity contribution in [1.82, 2.24) is 15.2 Å². The van der Waals surface area contributed by atoms with Crippen molar-refractivity contribution in [3.63, 3.8) is 0 Å². The SMILES string of the molecule is CC[C@@H](C)[C@H](Nc1ccc2c(cc1=O)[C@@H](NC(C)=O)CCc1cc(OC)c(OC)c(OC)c1-2)C(=O)N1CCc2[nH]c3c(Br)cccc3c2C1. The first kappa shape index (κ1) is 34.4. The normalized spacial score (nSPS) is 16.4. The van der Waals surface area contributed by atoms with E-state index in [0.29, 0.717) is 54.4 Å². The number of halogens is 1. The van der Waals surface area contributed by atoms with Crippen molar-refractivity contribution >= 4 is 44.3 Å². The zero-order valence-corrected chi connectivity index (χ0v) is 30.4. The van der Waals surface area contributed by atoms with Crippen molar-refractivity contribution in [2.75, 3.05) is 33.2 Å². The molecule has 258 valence electrons. The van der Waals surface area contributed by atoms with E-state index in [1.165, 1.54) is 6.92 Å². The summed E-state index contributed by atoms with van der Waals surface area (Å²) in [4.78, 5) is 46.2. The fourth-order valence-corrected chi connectivity index (χ4v) is 7.73. The minimum atomic E-state index is -0.629. The Bertz CT molecular complexity index is 1990. The van der Waals surface area contributed by atoms with Crippen molar-refractivity contribution < 1.29 is 23.8 Å². The van der Waals surface area contributed by atoms with Gasteiger partial charge in [0.15, 0.2) is 11.5 Å². The van der Waals surface area contributed by atoms with E-state index in [-0.39, 0.29) is 23.2 Å². The monoisotopic (exact) mass is 730 g/mol. The largest absolute Gasteiger partial charge is 0.493 e. The average molecular weight is 732 g/mol. The van der Waals surface area contributed by atoms with E-state index in [0.717, 1.165) is 56.2 Å². The number of aryl methyl sites for hydroxylation is 1. The van der Waals surface area contributed by atoms with Gasteiger partial charge in [-0.15, -0.1) is 0 Å². The van der Waals surface area contributed by atoms with Gasteiger partial charge in [0.25, 0.3) is 0 Å². The maximum absolute atomic E-state index is 14.3. The first-order valence-electron chi connectivity index (χ1n) is 16.7. The summed E-state index contributed by atoms with van der Waals surface area (Å²) >= 11 is 3.65. The number of carbonyl (C=O) groups is 2. The highest BCUT2D eigenvalue weighted by atomic mass is 79.9. The highest BCUT2D eigenvalue weighted by Crippen LogP contribution is 2.50. The second-order valence-corrected chi connectivity index (χ2v) is 13.7. The number of hydrogen-bond acceptors (Lipinski definition) is 7. The van der Waals surface area contributed by atoms with E-state index in [9.17, 15) is 14.4 Å². The summed E-state index contributed by atoms with van der Waals surface area (Å²) in [5.74, 6) is 1.15. The number of rotatable bonds is 9. The zero-order chi connectivity index (χ0) is 35.0. The predicted molar refractivity (Wildman–Crippen MR) is 195 cm³/mol. The van der Waals surface area contributed by atoms with Crippen molar-refractivity contribution in [3.8, 4) is 28.4 Å². The lowest BCUT2D eigenvalue weighted by molar-refractivity contribution is -0.134. The number of methoxy groups -OCH3 is 3. The summed E-state index contributed by atoms with van der Waals surface area (Å²) in [6.07, 6.45) is 2.61. The quantitative estimate of drug-likeness (QED) is 0.179. The van der Waals surface area contributed by atoms with Crippen LogP contribution in [-0.2, 0) is 29.0 Å². The average Bonchev–Trinajstić information content (AvgIpc) is 3.32. The number of nitrogens with zero attached hydrogens (tertiary/aromatic N) is 1. The van der Waals surface area contributed by atoms with Crippen LogP contribution in [0.15, 0.2) is 51.7 Å². The number of aromatic amines is 1. The molecule has 2 aliphatic rings. The lowest BCUT2D eigenvalue weighted by Crippen LogP contribution is -2.48. The van der Waals surface area contributed by atoms with Crippen LogP contribution in [0.2, 0.25) is 0 Å². The molecule has 11 heteroatoms. The van der Waals surface area contributed by atoms with Gasteiger partial charge in [0.1, 0.15) is 6.04 Å². The van der Waals surface area contributed by atoms with Crippen LogP contribution in [-0.4, -0.2) is 55.6 Å². The lowest BCUT2D eigenvalue weighted by Gasteiger charge is -2.33. The van der Waals surface area contributed by atoms with Gasteiger partial charge < -0.3 is 34.7 Å². The molecular formula is C38H43BrN4O6. The number of nitrogens with one attached hydrogen (secondary N) is 3. The molecule has 0 saturated carbocycles. The van der Waals surface area contributed by atoms with Crippen LogP contribution < -0.4 is 30.3 Å². The van der Waals surface area contributed by atoms with Gasteiger partial charge in [-0.3, -0.25) is 14.4 Å². The molecule has 3 aromatic carbocycles. The molecule has 49 heavy (non-hydrogen) atoms. The minimum Gasteiger partial charge on any atom is -0.493 e. The molecule has 6 rings (SSSR count). The number of anilines is 1. The van der Waals surface area contributed by atoms with Crippen molar-refractivity contribution in [1.29, 1.82) is 0 Å². The van der Waals surface area contributed by atoms with Crippen LogP contribution in [0.5, 0.6) is 17.2 Å². The van der Waals surface area contributed by atoms with Crippen molar-refractivity contribution in [2.24, 2.45) is 5.92 Å². The fourth-order valence-electron chi connectivity index (χ4n) is 7.26. The lowest BCUT2D eigenvalue weighted by atomic mass is 9.95. The Morgan fingerprint density at radius 3 is 2.53 bits per heavy atom. The molecule has 1 aliphatic carbocycles. The number of hydrogen-bond donors (Lipinski definition) is 3. The molecule has 2 heterocycles. The van der Waals surface area contributed by atoms with Crippen LogP contribution in [0.3, 0.4) is 0 Å². The molecule has 0 fully saturated rings. The minimum absolute atomic E-state index is 0.0446. The number of fused-ring (bicyclic) bond motifs is 6. The smallest absolute Gasteiger partial charge is 0.245 e. The zero-order valence-electron chi connectivity index (χ0n) is 28.8. The molecule has 10 nitrogen and oxygen atoms in total. The van der Waals surface area contributed by atoms with Crippen molar-refractivity contribution in [3.05, 3.63) is 79.5 Å². The van der Waals surface area contributed by atoms with E-state index in [1.54, 1.807) is 33.5 Å². The third-order valence-electron chi connectivity index (χ3n) is 9.98. The van der Waals surface area contributed by atoms with Gasteiger partial charge in [-0.2, -0.15) is 0 Å². The van der Waals surface area contributed by atoms with E-state index in [1.807, 2.05) is 43.0 Å². The van der Waals surface area contributed by atoms with Gasteiger partial charge in [0.2, 0.25) is 23.0 Å². The van der Waals surface area contributed by atoms with Gasteiger partial charge in [-0.05, 0) is 75.6 Å². The van der Waals surface area contributed by atoms with Crippen LogP contribution in [0, 0.1) is 5.92 Å². The Hall–Kier alpha value is -4.51. The number of aromatic nitrogens is 1. The third kappa shape index (κ3) is 6.36. The van der Waals surface area contributed by atoms with E-state index >= 15 is 0 Å². The molecule has 0 saturated heterocycles. The number of para-hydroxylation sites is 1. The molecule has 1 aromatic heterocycles. The van der Waals surface area contributed by atoms with Gasteiger partial charge >= 0.3 is 0 Å². The molecule has 1 aliphatic heterocycles. The number of amides is 2. The first-order valence-corrected chi connectivity index (χ1v) is 17.5. The molecule has 4 aromatic rings. The molecule has 0 unspecified atom stereocenters. The topological polar surface area (TPSA) is 122 Å². The molecule has 2 amide bonds. The van der Waals surface area contributed by atoms with Crippen LogP contribution >= 0.6 is 15.9 Å². The van der Waals surface area contributed by atoms with Crippen LogP contribution in [0.25, 0.3) is 22.0 Å². The summed E-state index contributed by atoms with van der Waals surface area (Å²) in [5, 5.41) is 7.54. The maximum Gasteiger partial charge on any atom is 0.245 e. The summed E-state index contributed by atoms with van der Waals surface area (Å²) in [5.41, 5.74) is 6.46. The Kier molecular flexibility index (Phi) is 9.92. The third-order valence-corrected chi connectivity index (χ3v) is 10.6. The Morgan fingerprint density at radius 1 is 1.06 bits per heavy atom. The van der Waals surface area contributed by atoms with E-state index < -0.39 is 12.1 Å². The fraction of sp³-hybridized carbons (Fsp3) is 0.395. The Morgan fingerprint density at radius 2 is 1.84 bits per heavy atom. The molecule has 0 radical (unpaired) electrons. The van der Waals surface area contributed by atoms with Gasteiger partial charge in [-0.1, -0.05) is 38.5 Å². The highest BCUT2D eigenvalue weighted by molar-refractivity contribution is 9.10. The van der Waals surface area contributed by atoms with Gasteiger partial charge in [0, 0.05) is 53.1 Å². The maximum atomic E-state index is 14.3. The number of H-pyrrole nitrogens is 1. The second-order valence-electron chi connectivity index (χ2n) is 12.9. The highest BCUT2D eigenvalue weighted by Gasteiger charge is 2.33. The Balaban J connectivity index is 1.41. The molecule has 0 spiro atoms. The van der Waals surface area contributed by atoms with Crippen LogP contribution in [0.1, 0.15) is 62.0 Å². The van der Waals surface area contributed by atoms with Crippen LogP contribution in [0.4, 0.5) is 5.69 Å². The van der Waals surface area contributed by atoms with Gasteiger partial charge in [-0.25, -0.2) is 0 Å². The molecular weight excluding hydrogens is 688 g/mol. The molecule has 3 N–H and O–H groups in total. The first-order chi connectivity index (χ1) is 23.6. The number of benzene rings is 2. The summed E-state index contributed by atoms with van der Waals surface area (Å²) < 4.78 is 18.3. The van der Waals surface area contributed by atoms with Crippen molar-refractivity contribution in [2.45, 2.75) is 65.1 Å². The summed E-state index contributed by atoms with van der Waals surface area (Å²) in [7, 11) is 4.71. The van der Waals surface area contributed by atoms with E-state index in [2.05, 4.69) is 37.6 Å².